The topological polar surface area (TPSA) is 85.1 Å². The molecule has 0 aliphatic heterocycles. The number of rotatable bonds is 6. The van der Waals surface area contributed by atoms with Gasteiger partial charge >= 0.3 is 0 Å². The number of amides is 2. The lowest BCUT2D eigenvalue weighted by atomic mass is 10.1. The van der Waals surface area contributed by atoms with Gasteiger partial charge in [0.25, 0.3) is 5.91 Å². The highest BCUT2D eigenvalue weighted by molar-refractivity contribution is 5.97. The number of primary amides is 1. The number of aromatic nitrogens is 1. The fraction of sp³-hybridized carbons (Fsp3) is 0.188. The van der Waals surface area contributed by atoms with Gasteiger partial charge in [0.05, 0.1) is 5.52 Å². The summed E-state index contributed by atoms with van der Waals surface area (Å²) in [5, 5.41) is 3.56. The van der Waals surface area contributed by atoms with E-state index in [1.807, 2.05) is 30.3 Å². The molecule has 2 amide bonds. The van der Waals surface area contributed by atoms with Gasteiger partial charge in [-0.1, -0.05) is 30.3 Å². The van der Waals surface area contributed by atoms with Crippen molar-refractivity contribution in [3.63, 3.8) is 0 Å². The van der Waals surface area contributed by atoms with Crippen molar-refractivity contribution in [2.45, 2.75) is 18.9 Å². The highest BCUT2D eigenvalue weighted by atomic mass is 16.2. The first-order valence-corrected chi connectivity index (χ1v) is 6.68. The molecule has 0 saturated heterocycles. The number of pyridine rings is 1. The van der Waals surface area contributed by atoms with E-state index in [-0.39, 0.29) is 5.69 Å². The molecule has 0 radical (unpaired) electrons. The summed E-state index contributed by atoms with van der Waals surface area (Å²) >= 11 is 0. The van der Waals surface area contributed by atoms with Gasteiger partial charge in [-0.2, -0.15) is 0 Å². The van der Waals surface area contributed by atoms with E-state index in [1.165, 1.54) is 0 Å². The molecule has 1 aromatic heterocycles. The van der Waals surface area contributed by atoms with E-state index in [9.17, 15) is 9.59 Å². The van der Waals surface area contributed by atoms with Gasteiger partial charge < -0.3 is 11.1 Å². The smallest absolute Gasteiger partial charge is 0.270 e. The van der Waals surface area contributed by atoms with Crippen LogP contribution < -0.4 is 11.1 Å². The van der Waals surface area contributed by atoms with E-state index in [0.29, 0.717) is 12.8 Å². The molecule has 0 unspecified atom stereocenters. The Hall–Kier alpha value is -2.69. The number of allylic oxidation sites excluding steroid dienone is 1. The number of hydrogen-bond donors (Lipinski definition) is 2. The summed E-state index contributed by atoms with van der Waals surface area (Å²) < 4.78 is 0. The Morgan fingerprint density at radius 2 is 2.05 bits per heavy atom. The average molecular weight is 283 g/mol. The summed E-state index contributed by atoms with van der Waals surface area (Å²) in [6.45, 7) is 3.59. The van der Waals surface area contributed by atoms with Gasteiger partial charge in [0.15, 0.2) is 0 Å². The number of fused-ring (bicyclic) bond motifs is 1. The molecule has 21 heavy (non-hydrogen) atoms. The van der Waals surface area contributed by atoms with Gasteiger partial charge in [0, 0.05) is 5.39 Å². The van der Waals surface area contributed by atoms with Crippen molar-refractivity contribution in [1.82, 2.24) is 10.3 Å². The number of nitrogens with zero attached hydrogens (tertiary/aromatic N) is 1. The van der Waals surface area contributed by atoms with Crippen LogP contribution in [-0.4, -0.2) is 22.8 Å². The Labute approximate surface area is 122 Å². The van der Waals surface area contributed by atoms with E-state index >= 15 is 0 Å². The third-order valence-corrected chi connectivity index (χ3v) is 3.14. The van der Waals surface area contributed by atoms with Crippen LogP contribution >= 0.6 is 0 Å². The number of carbonyl (C=O) groups excluding carboxylic acids is 2. The first kappa shape index (κ1) is 14.7. The number of carbonyl (C=O) groups is 2. The molecular weight excluding hydrogens is 266 g/mol. The maximum atomic E-state index is 12.2. The Kier molecular flexibility index (Phi) is 4.66. The van der Waals surface area contributed by atoms with Crippen molar-refractivity contribution in [1.29, 1.82) is 0 Å². The third-order valence-electron chi connectivity index (χ3n) is 3.14. The SMILES string of the molecule is C=CCC[C@H](NC(=O)c1ccc2ccccc2n1)C(N)=O. The molecule has 1 aromatic carbocycles. The van der Waals surface area contributed by atoms with Crippen LogP contribution in [0.3, 0.4) is 0 Å². The average Bonchev–Trinajstić information content (AvgIpc) is 2.50. The van der Waals surface area contributed by atoms with Gasteiger partial charge in [-0.3, -0.25) is 9.59 Å². The Morgan fingerprint density at radius 3 is 2.76 bits per heavy atom. The molecule has 5 nitrogen and oxygen atoms in total. The van der Waals surface area contributed by atoms with Crippen molar-refractivity contribution in [2.24, 2.45) is 5.73 Å². The first-order valence-electron chi connectivity index (χ1n) is 6.68. The first-order chi connectivity index (χ1) is 10.1. The molecule has 0 saturated carbocycles. The zero-order valence-corrected chi connectivity index (χ0v) is 11.6. The summed E-state index contributed by atoms with van der Waals surface area (Å²) in [5.74, 6) is -0.973. The number of nitrogens with one attached hydrogen (secondary N) is 1. The molecule has 0 bridgehead atoms. The second kappa shape index (κ2) is 6.65. The second-order valence-corrected chi connectivity index (χ2v) is 4.68. The molecule has 0 spiro atoms. The largest absolute Gasteiger partial charge is 0.368 e. The Balaban J connectivity index is 2.16. The summed E-state index contributed by atoms with van der Waals surface area (Å²) in [4.78, 5) is 27.8. The number of para-hydroxylation sites is 1. The number of benzene rings is 1. The Bertz CT molecular complexity index is 682. The molecule has 0 aliphatic rings. The van der Waals surface area contributed by atoms with Crippen LogP contribution in [0.2, 0.25) is 0 Å². The van der Waals surface area contributed by atoms with E-state index in [1.54, 1.807) is 12.1 Å². The zero-order valence-electron chi connectivity index (χ0n) is 11.6. The number of hydrogen-bond acceptors (Lipinski definition) is 3. The maximum absolute atomic E-state index is 12.2. The van der Waals surface area contributed by atoms with Crippen LogP contribution in [0.5, 0.6) is 0 Å². The van der Waals surface area contributed by atoms with Gasteiger partial charge in [0.1, 0.15) is 11.7 Å². The standard InChI is InChI=1S/C16H17N3O2/c1-2-3-7-13(15(17)20)19-16(21)14-10-9-11-6-4-5-8-12(11)18-14/h2,4-6,8-10,13H,1,3,7H2,(H2,17,20)(H,19,21)/t13-/m0/s1. The molecule has 5 heteroatoms. The van der Waals surface area contributed by atoms with Crippen molar-refractivity contribution >= 4 is 22.7 Å². The normalized spacial score (nSPS) is 11.8. The van der Waals surface area contributed by atoms with Crippen molar-refractivity contribution in [3.05, 3.63) is 54.7 Å². The highest BCUT2D eigenvalue weighted by Gasteiger charge is 2.18. The fourth-order valence-corrected chi connectivity index (χ4v) is 1.99. The molecule has 3 N–H and O–H groups in total. The summed E-state index contributed by atoms with van der Waals surface area (Å²) in [6, 6.07) is 10.2. The minimum Gasteiger partial charge on any atom is -0.368 e. The molecule has 0 fully saturated rings. The van der Waals surface area contributed by atoms with Gasteiger partial charge in [-0.05, 0) is 25.0 Å². The molecule has 2 rings (SSSR count). The Morgan fingerprint density at radius 1 is 1.29 bits per heavy atom. The fourth-order valence-electron chi connectivity index (χ4n) is 1.99. The van der Waals surface area contributed by atoms with Crippen LogP contribution in [-0.2, 0) is 4.79 Å². The zero-order chi connectivity index (χ0) is 15.2. The third kappa shape index (κ3) is 3.66. The lowest BCUT2D eigenvalue weighted by Gasteiger charge is -2.14. The quantitative estimate of drug-likeness (QED) is 0.792. The second-order valence-electron chi connectivity index (χ2n) is 4.68. The summed E-state index contributed by atoms with van der Waals surface area (Å²) in [5.41, 5.74) is 6.28. The minimum absolute atomic E-state index is 0.263. The van der Waals surface area contributed by atoms with Crippen LogP contribution in [0.1, 0.15) is 23.3 Å². The van der Waals surface area contributed by atoms with E-state index in [4.69, 9.17) is 5.73 Å². The van der Waals surface area contributed by atoms with Gasteiger partial charge in [-0.25, -0.2) is 4.98 Å². The van der Waals surface area contributed by atoms with E-state index in [0.717, 1.165) is 10.9 Å². The lowest BCUT2D eigenvalue weighted by Crippen LogP contribution is -2.44. The predicted molar refractivity (Wildman–Crippen MR) is 81.6 cm³/mol. The lowest BCUT2D eigenvalue weighted by molar-refractivity contribution is -0.119. The highest BCUT2D eigenvalue weighted by Crippen LogP contribution is 2.12. The molecule has 2 aromatic rings. The molecule has 0 aliphatic carbocycles. The number of nitrogens with two attached hydrogens (primary N) is 1. The monoisotopic (exact) mass is 283 g/mol. The summed E-state index contributed by atoms with van der Waals surface area (Å²) in [6.07, 6.45) is 2.70. The van der Waals surface area contributed by atoms with Crippen LogP contribution in [0.25, 0.3) is 10.9 Å². The molecular formula is C16H17N3O2. The summed E-state index contributed by atoms with van der Waals surface area (Å²) in [7, 11) is 0. The predicted octanol–water partition coefficient (Wildman–Crippen LogP) is 1.78. The van der Waals surface area contributed by atoms with Gasteiger partial charge in [0.2, 0.25) is 5.91 Å². The van der Waals surface area contributed by atoms with Crippen molar-refractivity contribution in [3.8, 4) is 0 Å². The van der Waals surface area contributed by atoms with E-state index < -0.39 is 17.9 Å². The van der Waals surface area contributed by atoms with Crippen LogP contribution in [0.4, 0.5) is 0 Å². The van der Waals surface area contributed by atoms with Gasteiger partial charge in [-0.15, -0.1) is 6.58 Å². The molecule has 1 heterocycles. The molecule has 1 atom stereocenters. The van der Waals surface area contributed by atoms with Crippen LogP contribution in [0.15, 0.2) is 49.1 Å². The van der Waals surface area contributed by atoms with Crippen molar-refractivity contribution < 1.29 is 9.59 Å². The van der Waals surface area contributed by atoms with Crippen LogP contribution in [0, 0.1) is 0 Å². The van der Waals surface area contributed by atoms with Crippen molar-refractivity contribution in [2.75, 3.05) is 0 Å². The maximum Gasteiger partial charge on any atom is 0.270 e. The minimum atomic E-state index is -0.719. The van der Waals surface area contributed by atoms with E-state index in [2.05, 4.69) is 16.9 Å². The molecule has 108 valence electrons.